The average Bonchev–Trinajstić information content (AvgIpc) is 2.98. The number of halogens is 2. The molecule has 166 valence electrons. The van der Waals surface area contributed by atoms with Crippen LogP contribution < -0.4 is 10.2 Å². The van der Waals surface area contributed by atoms with Gasteiger partial charge in [-0.2, -0.15) is 0 Å². The molecule has 32 heavy (non-hydrogen) atoms. The molecule has 1 N–H and O–H groups in total. The highest BCUT2D eigenvalue weighted by Gasteiger charge is 2.34. The number of hydrogen-bond acceptors (Lipinski definition) is 3. The van der Waals surface area contributed by atoms with Gasteiger partial charge in [0.1, 0.15) is 11.5 Å². The lowest BCUT2D eigenvalue weighted by Crippen LogP contribution is -2.44. The molecule has 0 saturated carbocycles. The van der Waals surface area contributed by atoms with Gasteiger partial charge < -0.3 is 10.2 Å². The number of anilines is 1. The second-order valence-corrected chi connectivity index (χ2v) is 9.03. The van der Waals surface area contributed by atoms with Gasteiger partial charge >= 0.3 is 6.03 Å². The fourth-order valence-electron chi connectivity index (χ4n) is 4.45. The maximum Gasteiger partial charge on any atom is 0.329 e. The normalized spacial score (nSPS) is 18.7. The number of urea groups is 1. The van der Waals surface area contributed by atoms with E-state index in [9.17, 15) is 14.0 Å². The summed E-state index contributed by atoms with van der Waals surface area (Å²) < 4.78 is 13.1. The van der Waals surface area contributed by atoms with Crippen LogP contribution in [-0.4, -0.2) is 28.9 Å². The highest BCUT2D eigenvalue weighted by Crippen LogP contribution is 2.41. The molecule has 0 aromatic heterocycles. The van der Waals surface area contributed by atoms with E-state index in [1.54, 1.807) is 18.2 Å². The Morgan fingerprint density at radius 3 is 2.50 bits per heavy atom. The Morgan fingerprint density at radius 1 is 1.16 bits per heavy atom. The molecular weight excluding hydrogens is 429 g/mol. The summed E-state index contributed by atoms with van der Waals surface area (Å²) in [4.78, 5) is 28.7. The topological polar surface area (TPSA) is 52.7 Å². The molecule has 1 saturated heterocycles. The molecule has 0 atom stereocenters. The van der Waals surface area contributed by atoms with Crippen LogP contribution in [-0.2, 0) is 11.3 Å². The van der Waals surface area contributed by atoms with E-state index in [-0.39, 0.29) is 23.6 Å². The summed E-state index contributed by atoms with van der Waals surface area (Å²) in [6.07, 6.45) is 3.83. The maximum absolute atomic E-state index is 13.1. The first-order valence-electron chi connectivity index (χ1n) is 10.5. The Balaban J connectivity index is 1.66. The predicted octanol–water partition coefficient (Wildman–Crippen LogP) is 5.59. The fourth-order valence-corrected chi connectivity index (χ4v) is 4.66. The summed E-state index contributed by atoms with van der Waals surface area (Å²) in [5, 5.41) is 3.13. The molecule has 0 aliphatic carbocycles. The fraction of sp³-hybridized carbons (Fsp3) is 0.280. The van der Waals surface area contributed by atoms with Crippen LogP contribution in [0.1, 0.15) is 44.4 Å². The molecule has 1 fully saturated rings. The minimum Gasteiger partial charge on any atom is -0.363 e. The standard InChI is InChI=1S/C25H25ClFN3O2/c1-5-30-22-12-20(26)17(10-19(22)15(2)13-25(30,3)4)11-21-23(31)29(24(32)28-21)14-16-6-8-18(27)9-7-16/h6-13H,5,14H2,1-4H3,(H,28,32)/b21-11+. The van der Waals surface area contributed by atoms with Crippen molar-refractivity contribution in [3.63, 3.8) is 0 Å². The lowest BCUT2D eigenvalue weighted by atomic mass is 9.88. The van der Waals surface area contributed by atoms with E-state index in [4.69, 9.17) is 11.6 Å². The minimum atomic E-state index is -0.519. The third-order valence-corrected chi connectivity index (χ3v) is 6.26. The summed E-state index contributed by atoms with van der Waals surface area (Å²) in [5.74, 6) is -0.820. The number of rotatable bonds is 4. The number of nitrogens with one attached hydrogen (secondary N) is 1. The van der Waals surface area contributed by atoms with Gasteiger partial charge in [0.2, 0.25) is 0 Å². The molecule has 0 unspecified atom stereocenters. The zero-order chi connectivity index (χ0) is 23.2. The van der Waals surface area contributed by atoms with Crippen molar-refractivity contribution >= 4 is 40.9 Å². The monoisotopic (exact) mass is 453 g/mol. The van der Waals surface area contributed by atoms with Gasteiger partial charge in [0, 0.05) is 22.8 Å². The van der Waals surface area contributed by atoms with Gasteiger partial charge in [-0.1, -0.05) is 29.8 Å². The molecule has 2 aromatic rings. The largest absolute Gasteiger partial charge is 0.363 e. The highest BCUT2D eigenvalue weighted by molar-refractivity contribution is 6.32. The minimum absolute atomic E-state index is 0.0581. The van der Waals surface area contributed by atoms with Crippen LogP contribution in [0.2, 0.25) is 5.02 Å². The van der Waals surface area contributed by atoms with Crippen LogP contribution in [0.3, 0.4) is 0 Å². The Morgan fingerprint density at radius 2 is 1.84 bits per heavy atom. The summed E-state index contributed by atoms with van der Waals surface area (Å²) >= 11 is 6.60. The average molecular weight is 454 g/mol. The number of allylic oxidation sites excluding steroid dienone is 1. The van der Waals surface area contributed by atoms with E-state index in [2.05, 4.69) is 44.0 Å². The summed E-state index contributed by atoms with van der Waals surface area (Å²) in [6, 6.07) is 9.05. The van der Waals surface area contributed by atoms with Gasteiger partial charge in [-0.3, -0.25) is 9.69 Å². The van der Waals surface area contributed by atoms with Gasteiger partial charge in [-0.15, -0.1) is 0 Å². The van der Waals surface area contributed by atoms with Crippen LogP contribution in [0, 0.1) is 5.82 Å². The van der Waals surface area contributed by atoms with Crippen molar-refractivity contribution in [2.45, 2.75) is 39.8 Å². The SMILES string of the molecule is CCN1c2cc(Cl)c(/C=C3/NC(=O)N(Cc4ccc(F)cc4)C3=O)cc2C(C)=CC1(C)C. The molecule has 2 heterocycles. The molecular formula is C25H25ClFN3O2. The second-order valence-electron chi connectivity index (χ2n) is 8.62. The van der Waals surface area contributed by atoms with Crippen LogP contribution in [0.15, 0.2) is 48.2 Å². The number of benzene rings is 2. The van der Waals surface area contributed by atoms with E-state index in [1.807, 2.05) is 12.1 Å². The third kappa shape index (κ3) is 3.91. The van der Waals surface area contributed by atoms with E-state index < -0.39 is 11.9 Å². The zero-order valence-electron chi connectivity index (χ0n) is 18.5. The quantitative estimate of drug-likeness (QED) is 0.484. The number of carbonyl (C=O) groups excluding carboxylic acids is 2. The molecule has 0 spiro atoms. The molecule has 3 amide bonds. The first-order valence-corrected chi connectivity index (χ1v) is 10.9. The van der Waals surface area contributed by atoms with Gasteiger partial charge in [0.25, 0.3) is 5.91 Å². The number of fused-ring (bicyclic) bond motifs is 1. The van der Waals surface area contributed by atoms with E-state index >= 15 is 0 Å². The predicted molar refractivity (Wildman–Crippen MR) is 126 cm³/mol. The Bertz CT molecular complexity index is 1170. The van der Waals surface area contributed by atoms with Gasteiger partial charge in [0.15, 0.2) is 0 Å². The molecule has 7 heteroatoms. The van der Waals surface area contributed by atoms with Gasteiger partial charge in [0.05, 0.1) is 12.1 Å². The Kier molecular flexibility index (Phi) is 5.59. The molecule has 2 aliphatic heterocycles. The first-order chi connectivity index (χ1) is 15.1. The number of hydrogen-bond donors (Lipinski definition) is 1. The highest BCUT2D eigenvalue weighted by atomic mass is 35.5. The molecule has 0 radical (unpaired) electrons. The summed E-state index contributed by atoms with van der Waals surface area (Å²) in [6.45, 7) is 9.37. The van der Waals surface area contributed by atoms with Crippen molar-refractivity contribution in [1.82, 2.24) is 10.2 Å². The summed E-state index contributed by atoms with van der Waals surface area (Å²) in [7, 11) is 0. The smallest absolute Gasteiger partial charge is 0.329 e. The van der Waals surface area contributed by atoms with E-state index in [1.165, 1.54) is 12.1 Å². The number of carbonyl (C=O) groups is 2. The third-order valence-electron chi connectivity index (χ3n) is 5.93. The Labute approximate surface area is 192 Å². The number of imide groups is 1. The van der Waals surface area contributed by atoms with Crippen molar-refractivity contribution < 1.29 is 14.0 Å². The summed E-state index contributed by atoms with van der Waals surface area (Å²) in [5.41, 5.74) is 4.56. The molecule has 0 bridgehead atoms. The van der Waals surface area contributed by atoms with Crippen LogP contribution in [0.5, 0.6) is 0 Å². The lowest BCUT2D eigenvalue weighted by Gasteiger charge is -2.43. The molecule has 4 rings (SSSR count). The van der Waals surface area contributed by atoms with Crippen molar-refractivity contribution in [2.75, 3.05) is 11.4 Å². The lowest BCUT2D eigenvalue weighted by molar-refractivity contribution is -0.123. The van der Waals surface area contributed by atoms with Gasteiger partial charge in [-0.25, -0.2) is 9.18 Å². The van der Waals surface area contributed by atoms with Crippen molar-refractivity contribution in [3.8, 4) is 0 Å². The van der Waals surface area contributed by atoms with Crippen molar-refractivity contribution in [2.24, 2.45) is 0 Å². The first kappa shape index (κ1) is 22.1. The number of nitrogens with zero attached hydrogens (tertiary/aromatic N) is 2. The number of amides is 3. The van der Waals surface area contributed by atoms with Gasteiger partial charge in [-0.05, 0) is 74.7 Å². The van der Waals surface area contributed by atoms with Crippen LogP contribution in [0.4, 0.5) is 14.9 Å². The van der Waals surface area contributed by atoms with E-state index in [0.717, 1.165) is 28.3 Å². The molecule has 2 aromatic carbocycles. The number of likely N-dealkylation sites (N-methyl/N-ethyl adjacent to an activating group) is 1. The molecule has 2 aliphatic rings. The van der Waals surface area contributed by atoms with Crippen LogP contribution in [0.25, 0.3) is 11.6 Å². The van der Waals surface area contributed by atoms with Crippen molar-refractivity contribution in [3.05, 3.63) is 75.7 Å². The van der Waals surface area contributed by atoms with Crippen LogP contribution >= 0.6 is 11.6 Å². The molecule has 5 nitrogen and oxygen atoms in total. The Hall–Kier alpha value is -3.12. The zero-order valence-corrected chi connectivity index (χ0v) is 19.3. The van der Waals surface area contributed by atoms with Crippen molar-refractivity contribution in [1.29, 1.82) is 0 Å². The maximum atomic E-state index is 13.1. The second kappa shape index (κ2) is 8.10. The van der Waals surface area contributed by atoms with E-state index in [0.29, 0.717) is 16.1 Å².